The second-order valence-electron chi connectivity index (χ2n) is 2.63. The third-order valence-corrected chi connectivity index (χ3v) is 1.37. The Balaban J connectivity index is 3.19. The Morgan fingerprint density at radius 3 is 2.67 bits per heavy atom. The summed E-state index contributed by atoms with van der Waals surface area (Å²) in [5, 5.41) is 8.30. The molecule has 0 aromatic rings. The van der Waals surface area contributed by atoms with Gasteiger partial charge in [0, 0.05) is 12.8 Å². The average molecular weight is 172 g/mol. The summed E-state index contributed by atoms with van der Waals surface area (Å²) in [6.07, 6.45) is 2.59. The highest BCUT2D eigenvalue weighted by molar-refractivity contribution is 5.66. The van der Waals surface area contributed by atoms with Crippen molar-refractivity contribution in [2.75, 3.05) is 6.61 Å². The molecule has 0 saturated heterocycles. The number of ether oxygens (including phenoxy) is 1. The summed E-state index contributed by atoms with van der Waals surface area (Å²) in [5.74, 6) is -0.0254. The first-order valence-corrected chi connectivity index (χ1v) is 4.19. The monoisotopic (exact) mass is 172 g/mol. The SMILES string of the molecule is C=C(CCC)OCCCC(=O)O. The molecule has 3 nitrogen and oxygen atoms in total. The Labute approximate surface area is 73.0 Å². The van der Waals surface area contributed by atoms with Gasteiger partial charge in [0.05, 0.1) is 12.4 Å². The zero-order valence-corrected chi connectivity index (χ0v) is 7.51. The lowest BCUT2D eigenvalue weighted by molar-refractivity contribution is -0.137. The molecule has 0 spiro atoms. The van der Waals surface area contributed by atoms with Crippen molar-refractivity contribution < 1.29 is 14.6 Å². The van der Waals surface area contributed by atoms with Crippen molar-refractivity contribution in [3.63, 3.8) is 0 Å². The van der Waals surface area contributed by atoms with Crippen molar-refractivity contribution >= 4 is 5.97 Å². The molecule has 0 aromatic carbocycles. The minimum Gasteiger partial charge on any atom is -0.499 e. The molecule has 70 valence electrons. The Morgan fingerprint density at radius 1 is 1.50 bits per heavy atom. The van der Waals surface area contributed by atoms with E-state index < -0.39 is 5.97 Å². The number of aliphatic carboxylic acids is 1. The summed E-state index contributed by atoms with van der Waals surface area (Å²) in [5.41, 5.74) is 0. The number of carboxylic acids is 1. The summed E-state index contributed by atoms with van der Waals surface area (Å²) < 4.78 is 5.18. The third-order valence-electron chi connectivity index (χ3n) is 1.37. The third kappa shape index (κ3) is 7.12. The Morgan fingerprint density at radius 2 is 2.17 bits per heavy atom. The highest BCUT2D eigenvalue weighted by Gasteiger charge is 1.97. The standard InChI is InChI=1S/C9H16O3/c1-3-5-8(2)12-7-4-6-9(10)11/h2-7H2,1H3,(H,10,11). The molecule has 0 unspecified atom stereocenters. The van der Waals surface area contributed by atoms with Gasteiger partial charge in [0.1, 0.15) is 0 Å². The number of carbonyl (C=O) groups is 1. The van der Waals surface area contributed by atoms with Gasteiger partial charge in [0.15, 0.2) is 0 Å². The number of allylic oxidation sites excluding steroid dienone is 1. The van der Waals surface area contributed by atoms with E-state index in [0.717, 1.165) is 18.6 Å². The minimum atomic E-state index is -0.778. The van der Waals surface area contributed by atoms with E-state index in [1.165, 1.54) is 0 Å². The molecule has 0 aliphatic carbocycles. The Bertz CT molecular complexity index is 152. The van der Waals surface area contributed by atoms with E-state index >= 15 is 0 Å². The van der Waals surface area contributed by atoms with Crippen LogP contribution >= 0.6 is 0 Å². The normalized spacial score (nSPS) is 9.42. The van der Waals surface area contributed by atoms with E-state index in [-0.39, 0.29) is 6.42 Å². The lowest BCUT2D eigenvalue weighted by Gasteiger charge is -2.06. The highest BCUT2D eigenvalue weighted by Crippen LogP contribution is 2.04. The van der Waals surface area contributed by atoms with Gasteiger partial charge in [-0.05, 0) is 12.8 Å². The van der Waals surface area contributed by atoms with Crippen molar-refractivity contribution in [3.05, 3.63) is 12.3 Å². The summed E-state index contributed by atoms with van der Waals surface area (Å²) in [7, 11) is 0. The van der Waals surface area contributed by atoms with Crippen LogP contribution in [0.5, 0.6) is 0 Å². The van der Waals surface area contributed by atoms with Crippen molar-refractivity contribution in [3.8, 4) is 0 Å². The molecule has 3 heteroatoms. The molecular formula is C9H16O3. The topological polar surface area (TPSA) is 46.5 Å². The van der Waals surface area contributed by atoms with Gasteiger partial charge in [-0.15, -0.1) is 0 Å². The van der Waals surface area contributed by atoms with Crippen LogP contribution in [0.15, 0.2) is 12.3 Å². The van der Waals surface area contributed by atoms with Crippen LogP contribution < -0.4 is 0 Å². The molecule has 0 atom stereocenters. The van der Waals surface area contributed by atoms with Gasteiger partial charge in [-0.1, -0.05) is 13.5 Å². The van der Waals surface area contributed by atoms with Gasteiger partial charge in [-0.25, -0.2) is 0 Å². The minimum absolute atomic E-state index is 0.166. The molecule has 1 N–H and O–H groups in total. The fraction of sp³-hybridized carbons (Fsp3) is 0.667. The summed E-state index contributed by atoms with van der Waals surface area (Å²) in [6, 6.07) is 0. The van der Waals surface area contributed by atoms with Gasteiger partial charge < -0.3 is 9.84 Å². The maximum Gasteiger partial charge on any atom is 0.303 e. The summed E-state index contributed by atoms with van der Waals surface area (Å²) >= 11 is 0. The van der Waals surface area contributed by atoms with Crippen LogP contribution in [0.25, 0.3) is 0 Å². The molecule has 0 fully saturated rings. The number of hydrogen-bond acceptors (Lipinski definition) is 2. The first-order chi connectivity index (χ1) is 5.66. The highest BCUT2D eigenvalue weighted by atomic mass is 16.5. The van der Waals surface area contributed by atoms with Gasteiger partial charge in [-0.3, -0.25) is 4.79 Å². The molecule has 12 heavy (non-hydrogen) atoms. The van der Waals surface area contributed by atoms with E-state index in [2.05, 4.69) is 6.58 Å². The molecule has 0 amide bonds. The van der Waals surface area contributed by atoms with Gasteiger partial charge in [-0.2, -0.15) is 0 Å². The van der Waals surface area contributed by atoms with Crippen LogP contribution in [0.3, 0.4) is 0 Å². The molecular weight excluding hydrogens is 156 g/mol. The molecule has 0 aliphatic heterocycles. The van der Waals surface area contributed by atoms with Crippen molar-refractivity contribution in [1.29, 1.82) is 0 Å². The largest absolute Gasteiger partial charge is 0.499 e. The van der Waals surface area contributed by atoms with Crippen LogP contribution in [0.1, 0.15) is 32.6 Å². The molecule has 0 aromatic heterocycles. The first-order valence-electron chi connectivity index (χ1n) is 4.19. The number of carboxylic acid groups (broad SMARTS) is 1. The van der Waals surface area contributed by atoms with Gasteiger partial charge in [0.25, 0.3) is 0 Å². The number of hydrogen-bond donors (Lipinski definition) is 1. The predicted octanol–water partition coefficient (Wildman–Crippen LogP) is 2.18. The fourth-order valence-corrected chi connectivity index (χ4v) is 0.791. The summed E-state index contributed by atoms with van der Waals surface area (Å²) in [4.78, 5) is 10.1. The van der Waals surface area contributed by atoms with Crippen LogP contribution in [-0.2, 0) is 9.53 Å². The quantitative estimate of drug-likeness (QED) is 0.473. The summed E-state index contributed by atoms with van der Waals surface area (Å²) in [6.45, 7) is 6.20. The van der Waals surface area contributed by atoms with E-state index in [1.54, 1.807) is 0 Å². The zero-order chi connectivity index (χ0) is 9.40. The van der Waals surface area contributed by atoms with E-state index in [1.807, 2.05) is 6.92 Å². The van der Waals surface area contributed by atoms with Crippen molar-refractivity contribution in [2.45, 2.75) is 32.6 Å². The van der Waals surface area contributed by atoms with Crippen LogP contribution in [0.4, 0.5) is 0 Å². The Kier molecular flexibility index (Phi) is 6.15. The van der Waals surface area contributed by atoms with E-state index in [0.29, 0.717) is 13.0 Å². The maximum absolute atomic E-state index is 10.1. The second-order valence-corrected chi connectivity index (χ2v) is 2.63. The zero-order valence-electron chi connectivity index (χ0n) is 7.51. The fourth-order valence-electron chi connectivity index (χ4n) is 0.791. The van der Waals surface area contributed by atoms with Crippen molar-refractivity contribution in [1.82, 2.24) is 0 Å². The maximum atomic E-state index is 10.1. The van der Waals surface area contributed by atoms with Crippen LogP contribution in [0, 0.1) is 0 Å². The predicted molar refractivity (Wildman–Crippen MR) is 46.9 cm³/mol. The lowest BCUT2D eigenvalue weighted by atomic mass is 10.3. The van der Waals surface area contributed by atoms with Crippen LogP contribution in [0.2, 0.25) is 0 Å². The van der Waals surface area contributed by atoms with E-state index in [4.69, 9.17) is 9.84 Å². The van der Waals surface area contributed by atoms with E-state index in [9.17, 15) is 4.79 Å². The second kappa shape index (κ2) is 6.70. The molecule has 0 rings (SSSR count). The molecule has 0 bridgehead atoms. The lowest BCUT2D eigenvalue weighted by Crippen LogP contribution is -1.99. The number of rotatable bonds is 7. The van der Waals surface area contributed by atoms with Gasteiger partial charge in [0.2, 0.25) is 0 Å². The van der Waals surface area contributed by atoms with Crippen molar-refractivity contribution in [2.24, 2.45) is 0 Å². The molecule has 0 aliphatic rings. The average Bonchev–Trinajstić information content (AvgIpc) is 1.98. The molecule has 0 heterocycles. The molecule has 0 saturated carbocycles. The van der Waals surface area contributed by atoms with Crippen LogP contribution in [-0.4, -0.2) is 17.7 Å². The molecule has 0 radical (unpaired) electrons. The Hall–Kier alpha value is -0.990. The smallest absolute Gasteiger partial charge is 0.303 e. The van der Waals surface area contributed by atoms with Gasteiger partial charge >= 0.3 is 5.97 Å². The first kappa shape index (κ1) is 11.0.